The smallest absolute Gasteiger partial charge is 0.341 e. The number of carboxylic acid groups (broad SMARTS) is 1. The Morgan fingerprint density at radius 2 is 1.54 bits per heavy atom. The van der Waals surface area contributed by atoms with Gasteiger partial charge in [-0.3, -0.25) is 9.59 Å². The normalized spacial score (nSPS) is 21.6. The number of benzene rings is 1. The number of hydrogen-bond acceptors (Lipinski definition) is 6. The van der Waals surface area contributed by atoms with Crippen LogP contribution in [-0.4, -0.2) is 48.3 Å². The number of halogens is 1. The molecule has 3 aliphatic rings. The Labute approximate surface area is 219 Å². The number of ketones is 2. The van der Waals surface area contributed by atoms with Gasteiger partial charge in [0, 0.05) is 48.3 Å². The summed E-state index contributed by atoms with van der Waals surface area (Å²) in [6.07, 6.45) is 2.35. The molecule has 1 aliphatic heterocycles. The third-order valence-electron chi connectivity index (χ3n) is 7.11. The van der Waals surface area contributed by atoms with E-state index < -0.39 is 18.5 Å². The molecule has 7 nitrogen and oxygen atoms in total. The number of Topliss-reactive ketones (excluding diaryl/α,β-unsaturated/α-hetero) is 2. The summed E-state index contributed by atoms with van der Waals surface area (Å²) in [4.78, 5) is 40.4. The Hall–Kier alpha value is -2.36. The molecule has 4 rings (SSSR count). The molecule has 0 saturated carbocycles. The molecule has 1 aromatic carbocycles. The van der Waals surface area contributed by atoms with Crippen LogP contribution in [0.25, 0.3) is 0 Å². The van der Waals surface area contributed by atoms with Gasteiger partial charge in [-0.1, -0.05) is 27.7 Å². The van der Waals surface area contributed by atoms with E-state index in [-0.39, 0.29) is 22.4 Å². The van der Waals surface area contributed by atoms with E-state index in [0.717, 1.165) is 29.8 Å². The van der Waals surface area contributed by atoms with Crippen molar-refractivity contribution in [2.45, 2.75) is 59.3 Å². The van der Waals surface area contributed by atoms with Crippen molar-refractivity contribution in [2.75, 3.05) is 20.8 Å². The minimum atomic E-state index is -1.09. The predicted molar refractivity (Wildman–Crippen MR) is 139 cm³/mol. The van der Waals surface area contributed by atoms with E-state index in [4.69, 9.17) is 14.6 Å². The van der Waals surface area contributed by atoms with E-state index in [9.17, 15) is 14.4 Å². The van der Waals surface area contributed by atoms with Gasteiger partial charge in [0.2, 0.25) is 0 Å². The summed E-state index contributed by atoms with van der Waals surface area (Å²) in [5.41, 5.74) is 3.80. The Bertz CT molecular complexity index is 1140. The lowest BCUT2D eigenvalue weighted by atomic mass is 9.64. The summed E-state index contributed by atoms with van der Waals surface area (Å²) < 4.78 is 11.7. The highest BCUT2D eigenvalue weighted by atomic mass is 127. The Kier molecular flexibility index (Phi) is 6.57. The number of aliphatic carboxylic acids is 1. The molecule has 8 heteroatoms. The van der Waals surface area contributed by atoms with Crippen molar-refractivity contribution in [1.82, 2.24) is 4.90 Å². The second-order valence-corrected chi connectivity index (χ2v) is 12.5. The molecule has 1 heterocycles. The molecule has 1 aromatic rings. The summed E-state index contributed by atoms with van der Waals surface area (Å²) in [5, 5.41) is 9.05. The highest BCUT2D eigenvalue weighted by molar-refractivity contribution is 14.1. The molecule has 0 fully saturated rings. The molecule has 1 N–H and O–H groups in total. The lowest BCUT2D eigenvalue weighted by Gasteiger charge is -2.48. The van der Waals surface area contributed by atoms with Crippen LogP contribution in [0.4, 0.5) is 0 Å². The standard InChI is InChI=1S/C27H32INO6/c1-26(2)9-16-23(18(30)11-26)22(24-17(29(16)5)10-27(3,4)12-19(24)31)14-7-15(28)25(20(8-14)34-6)35-13-21(32)33/h7-8,22H,9-13H2,1-6H3,(H,32,33). The van der Waals surface area contributed by atoms with Crippen molar-refractivity contribution in [3.8, 4) is 11.5 Å². The zero-order valence-corrected chi connectivity index (χ0v) is 23.2. The average Bonchev–Trinajstić information content (AvgIpc) is 2.72. The fraction of sp³-hybridized carbons (Fsp3) is 0.519. The van der Waals surface area contributed by atoms with E-state index in [1.165, 1.54) is 7.11 Å². The minimum absolute atomic E-state index is 0.0671. The molecule has 0 saturated heterocycles. The predicted octanol–water partition coefficient (Wildman–Crippen LogP) is 5.08. The quantitative estimate of drug-likeness (QED) is 0.477. The van der Waals surface area contributed by atoms with E-state index in [0.29, 0.717) is 39.1 Å². The molecule has 35 heavy (non-hydrogen) atoms. The largest absolute Gasteiger partial charge is 0.493 e. The molecule has 0 spiro atoms. The van der Waals surface area contributed by atoms with Crippen molar-refractivity contribution in [2.24, 2.45) is 10.8 Å². The zero-order chi connectivity index (χ0) is 25.9. The van der Waals surface area contributed by atoms with Gasteiger partial charge in [-0.05, 0) is 64.0 Å². The van der Waals surface area contributed by atoms with Gasteiger partial charge in [-0.25, -0.2) is 4.79 Å². The molecule has 0 amide bonds. The lowest BCUT2D eigenvalue weighted by molar-refractivity contribution is -0.139. The van der Waals surface area contributed by atoms with Gasteiger partial charge in [0.25, 0.3) is 0 Å². The third kappa shape index (κ3) is 4.73. The number of rotatable bonds is 5. The topological polar surface area (TPSA) is 93.1 Å². The van der Waals surface area contributed by atoms with Gasteiger partial charge in [0.15, 0.2) is 29.7 Å². The van der Waals surface area contributed by atoms with Gasteiger partial charge in [-0.15, -0.1) is 0 Å². The number of ether oxygens (including phenoxy) is 2. The van der Waals surface area contributed by atoms with Crippen LogP contribution in [0.2, 0.25) is 0 Å². The summed E-state index contributed by atoms with van der Waals surface area (Å²) in [6.45, 7) is 7.94. The van der Waals surface area contributed by atoms with Crippen LogP contribution in [-0.2, 0) is 14.4 Å². The number of nitrogens with zero attached hydrogens (tertiary/aromatic N) is 1. The van der Waals surface area contributed by atoms with E-state index in [1.54, 1.807) is 6.07 Å². The van der Waals surface area contributed by atoms with Crippen molar-refractivity contribution < 1.29 is 29.0 Å². The third-order valence-corrected chi connectivity index (χ3v) is 7.91. The Balaban J connectivity index is 1.94. The molecule has 0 aromatic heterocycles. The second kappa shape index (κ2) is 8.94. The van der Waals surface area contributed by atoms with Gasteiger partial charge >= 0.3 is 5.97 Å². The second-order valence-electron chi connectivity index (χ2n) is 11.3. The first kappa shape index (κ1) is 25.7. The van der Waals surface area contributed by atoms with Gasteiger partial charge in [-0.2, -0.15) is 0 Å². The maximum Gasteiger partial charge on any atom is 0.341 e. The van der Waals surface area contributed by atoms with Crippen LogP contribution in [0, 0.1) is 14.4 Å². The molecule has 2 aliphatic carbocycles. The number of carboxylic acids is 1. The summed E-state index contributed by atoms with van der Waals surface area (Å²) in [7, 11) is 3.48. The van der Waals surface area contributed by atoms with E-state index in [2.05, 4.69) is 55.2 Å². The first-order chi connectivity index (χ1) is 16.2. The highest BCUT2D eigenvalue weighted by Gasteiger charge is 2.48. The highest BCUT2D eigenvalue weighted by Crippen LogP contribution is 2.54. The monoisotopic (exact) mass is 593 g/mol. The van der Waals surface area contributed by atoms with Gasteiger partial charge in [0.05, 0.1) is 10.7 Å². The number of carbonyl (C=O) groups is 3. The molecule has 188 valence electrons. The van der Waals surface area contributed by atoms with Crippen molar-refractivity contribution >= 4 is 40.1 Å². The average molecular weight is 593 g/mol. The Morgan fingerprint density at radius 3 is 2.00 bits per heavy atom. The molecule has 0 atom stereocenters. The number of hydrogen-bond donors (Lipinski definition) is 1. The Morgan fingerprint density at radius 1 is 1.03 bits per heavy atom. The van der Waals surface area contributed by atoms with Crippen LogP contribution >= 0.6 is 22.6 Å². The SMILES string of the molecule is COc1cc(C2C3=C(CC(C)(C)CC3=O)N(C)C3=C2C(=O)CC(C)(C)C3)cc(I)c1OCC(=O)O. The maximum absolute atomic E-state index is 13.6. The minimum Gasteiger partial charge on any atom is -0.493 e. The van der Waals surface area contributed by atoms with Crippen molar-refractivity contribution in [3.63, 3.8) is 0 Å². The first-order valence-electron chi connectivity index (χ1n) is 11.7. The van der Waals surface area contributed by atoms with Crippen LogP contribution < -0.4 is 9.47 Å². The van der Waals surface area contributed by atoms with Crippen LogP contribution in [0.5, 0.6) is 11.5 Å². The van der Waals surface area contributed by atoms with Crippen LogP contribution in [0.15, 0.2) is 34.7 Å². The molecular weight excluding hydrogens is 561 g/mol. The van der Waals surface area contributed by atoms with Crippen LogP contribution in [0.3, 0.4) is 0 Å². The fourth-order valence-electron chi connectivity index (χ4n) is 5.68. The maximum atomic E-state index is 13.6. The summed E-state index contributed by atoms with van der Waals surface area (Å²) >= 11 is 2.09. The molecule has 0 radical (unpaired) electrons. The first-order valence-corrected chi connectivity index (χ1v) is 12.8. The number of allylic oxidation sites excluding steroid dienone is 4. The lowest BCUT2D eigenvalue weighted by Crippen LogP contribution is -2.43. The van der Waals surface area contributed by atoms with E-state index in [1.807, 2.05) is 13.1 Å². The summed E-state index contributed by atoms with van der Waals surface area (Å²) in [5.74, 6) is -0.724. The molecule has 0 bridgehead atoms. The zero-order valence-electron chi connectivity index (χ0n) is 21.1. The van der Waals surface area contributed by atoms with Crippen LogP contribution in [0.1, 0.15) is 64.9 Å². The van der Waals surface area contributed by atoms with Gasteiger partial charge < -0.3 is 19.5 Å². The fourth-order valence-corrected chi connectivity index (χ4v) is 6.46. The van der Waals surface area contributed by atoms with Gasteiger partial charge in [0.1, 0.15) is 0 Å². The summed E-state index contributed by atoms with van der Waals surface area (Å²) in [6, 6.07) is 3.66. The number of methoxy groups -OCH3 is 1. The molecule has 0 unspecified atom stereocenters. The number of carbonyl (C=O) groups excluding carboxylic acids is 2. The van der Waals surface area contributed by atoms with Crippen molar-refractivity contribution in [1.29, 1.82) is 0 Å². The molecular formula is C27H32INO6. The van der Waals surface area contributed by atoms with E-state index >= 15 is 0 Å². The van der Waals surface area contributed by atoms with Crippen molar-refractivity contribution in [3.05, 3.63) is 43.8 Å².